The molecular formula is C14H15N5O2S. The van der Waals surface area contributed by atoms with Crippen LogP contribution in [0.1, 0.15) is 0 Å². The fraction of sp³-hybridized carbons (Fsp3) is 0.143. The molecule has 0 unspecified atom stereocenters. The lowest BCUT2D eigenvalue weighted by Crippen LogP contribution is -2.10. The van der Waals surface area contributed by atoms with E-state index >= 15 is 0 Å². The van der Waals surface area contributed by atoms with Crippen molar-refractivity contribution >= 4 is 32.1 Å². The Bertz CT molecular complexity index is 947. The number of nitrogens with two attached hydrogens (primary N) is 1. The molecule has 0 aliphatic rings. The highest BCUT2D eigenvalue weighted by molar-refractivity contribution is 7.91. The highest BCUT2D eigenvalue weighted by atomic mass is 32.2. The van der Waals surface area contributed by atoms with Crippen LogP contribution in [0.15, 0.2) is 46.3 Å². The number of aromatic nitrogens is 3. The van der Waals surface area contributed by atoms with Gasteiger partial charge in [-0.15, -0.1) is 10.2 Å². The average Bonchev–Trinajstić information content (AvgIpc) is 2.92. The zero-order valence-corrected chi connectivity index (χ0v) is 12.9. The summed E-state index contributed by atoms with van der Waals surface area (Å²) in [5.41, 5.74) is 6.53. The molecule has 7 nitrogen and oxygen atoms in total. The van der Waals surface area contributed by atoms with Crippen LogP contribution >= 0.6 is 0 Å². The molecular weight excluding hydrogens is 302 g/mol. The van der Waals surface area contributed by atoms with E-state index in [-0.39, 0.29) is 15.7 Å². The van der Waals surface area contributed by atoms with Crippen LogP contribution in [0.2, 0.25) is 0 Å². The number of nitrogens with zero attached hydrogens (tertiary/aromatic N) is 3. The third kappa shape index (κ3) is 2.08. The van der Waals surface area contributed by atoms with Crippen molar-refractivity contribution in [3.05, 3.63) is 36.4 Å². The van der Waals surface area contributed by atoms with E-state index in [0.717, 1.165) is 11.1 Å². The fourth-order valence-electron chi connectivity index (χ4n) is 2.42. The molecule has 1 heterocycles. The van der Waals surface area contributed by atoms with Crippen LogP contribution in [-0.2, 0) is 9.84 Å². The maximum Gasteiger partial charge on any atom is 0.230 e. The van der Waals surface area contributed by atoms with Gasteiger partial charge in [0, 0.05) is 30.6 Å². The van der Waals surface area contributed by atoms with Crippen molar-refractivity contribution in [1.82, 2.24) is 15.4 Å². The van der Waals surface area contributed by atoms with Crippen molar-refractivity contribution in [2.24, 2.45) is 0 Å². The number of sulfone groups is 1. The lowest BCUT2D eigenvalue weighted by molar-refractivity contribution is 0.593. The number of aromatic amines is 1. The summed E-state index contributed by atoms with van der Waals surface area (Å²) in [6.07, 6.45) is 0. The van der Waals surface area contributed by atoms with Crippen molar-refractivity contribution in [2.45, 2.75) is 9.92 Å². The van der Waals surface area contributed by atoms with Gasteiger partial charge in [0.25, 0.3) is 0 Å². The van der Waals surface area contributed by atoms with E-state index in [1.807, 2.05) is 37.2 Å². The number of hydrogen-bond donors (Lipinski definition) is 2. The second kappa shape index (κ2) is 4.99. The van der Waals surface area contributed by atoms with Crippen molar-refractivity contribution in [3.63, 3.8) is 0 Å². The minimum absolute atomic E-state index is 0.138. The number of nitrogens with one attached hydrogen (secondary N) is 1. The third-order valence-electron chi connectivity index (χ3n) is 3.43. The Morgan fingerprint density at radius 1 is 1.05 bits per heavy atom. The molecule has 0 spiro atoms. The number of benzene rings is 2. The molecule has 0 bridgehead atoms. The summed E-state index contributed by atoms with van der Waals surface area (Å²) < 4.78 is 25.6. The quantitative estimate of drug-likeness (QED) is 0.757. The number of anilines is 2. The predicted octanol–water partition coefficient (Wildman–Crippen LogP) is 1.44. The van der Waals surface area contributed by atoms with E-state index in [1.54, 1.807) is 18.2 Å². The Hall–Kier alpha value is -2.61. The Balaban J connectivity index is 2.34. The van der Waals surface area contributed by atoms with Gasteiger partial charge in [0.2, 0.25) is 14.9 Å². The fourth-order valence-corrected chi connectivity index (χ4v) is 3.84. The molecule has 0 amide bonds. The van der Waals surface area contributed by atoms with Crippen LogP contribution < -0.4 is 10.6 Å². The number of hydrogen-bond acceptors (Lipinski definition) is 6. The number of nitrogen functional groups attached to an aromatic ring is 1. The van der Waals surface area contributed by atoms with Crippen molar-refractivity contribution in [2.75, 3.05) is 24.7 Å². The van der Waals surface area contributed by atoms with Gasteiger partial charge in [-0.25, -0.2) is 8.42 Å². The minimum Gasteiger partial charge on any atom is -0.380 e. The summed E-state index contributed by atoms with van der Waals surface area (Å²) in [4.78, 5) is 2.10. The summed E-state index contributed by atoms with van der Waals surface area (Å²) in [7, 11) is -0.0272. The van der Waals surface area contributed by atoms with Crippen LogP contribution in [0.25, 0.3) is 10.8 Å². The van der Waals surface area contributed by atoms with Crippen LogP contribution in [0.3, 0.4) is 0 Å². The Kier molecular flexibility index (Phi) is 3.25. The summed E-state index contributed by atoms with van der Waals surface area (Å²) in [6.45, 7) is 0. The van der Waals surface area contributed by atoms with E-state index in [0.29, 0.717) is 5.39 Å². The van der Waals surface area contributed by atoms with Gasteiger partial charge < -0.3 is 10.6 Å². The summed E-state index contributed by atoms with van der Waals surface area (Å²) in [5.74, 6) is -0.138. The molecule has 22 heavy (non-hydrogen) atoms. The highest BCUT2D eigenvalue weighted by Gasteiger charge is 2.26. The summed E-state index contributed by atoms with van der Waals surface area (Å²) in [5, 5.41) is 10.7. The van der Waals surface area contributed by atoms with E-state index in [1.165, 1.54) is 0 Å². The second-order valence-electron chi connectivity index (χ2n) is 5.04. The molecule has 3 N–H and O–H groups in total. The standard InChI is InChI=1S/C14H15N5O2S/c1-19(2)11-7-3-6-10-9(11)5-4-8-12(10)22(20,21)14-13(15)16-18-17-14/h3-8H,1-2H3,(H3,15,16,17,18). The third-order valence-corrected chi connectivity index (χ3v) is 5.17. The molecule has 3 rings (SSSR count). The van der Waals surface area contributed by atoms with E-state index in [4.69, 9.17) is 5.73 Å². The maximum absolute atomic E-state index is 12.8. The number of fused-ring (bicyclic) bond motifs is 1. The van der Waals surface area contributed by atoms with E-state index < -0.39 is 9.84 Å². The Labute approximate surface area is 127 Å². The molecule has 1 aromatic heterocycles. The SMILES string of the molecule is CN(C)c1cccc2c(S(=O)(=O)c3n[nH]nc3N)cccc12. The minimum atomic E-state index is -3.84. The van der Waals surface area contributed by atoms with Gasteiger partial charge in [0.1, 0.15) is 0 Å². The highest BCUT2D eigenvalue weighted by Crippen LogP contribution is 2.33. The van der Waals surface area contributed by atoms with Gasteiger partial charge in [-0.1, -0.05) is 24.3 Å². The monoisotopic (exact) mass is 317 g/mol. The van der Waals surface area contributed by atoms with Gasteiger partial charge in [0.05, 0.1) is 4.90 Å². The van der Waals surface area contributed by atoms with Crippen LogP contribution in [0.5, 0.6) is 0 Å². The van der Waals surface area contributed by atoms with E-state index in [2.05, 4.69) is 15.4 Å². The molecule has 0 saturated carbocycles. The topological polar surface area (TPSA) is 105 Å². The van der Waals surface area contributed by atoms with Gasteiger partial charge in [0.15, 0.2) is 5.82 Å². The Morgan fingerprint density at radius 2 is 1.73 bits per heavy atom. The average molecular weight is 317 g/mol. The molecule has 114 valence electrons. The largest absolute Gasteiger partial charge is 0.380 e. The summed E-state index contributed by atoms with van der Waals surface area (Å²) in [6, 6.07) is 10.7. The van der Waals surface area contributed by atoms with Crippen molar-refractivity contribution < 1.29 is 8.42 Å². The molecule has 3 aromatic rings. The Morgan fingerprint density at radius 3 is 2.36 bits per heavy atom. The molecule has 0 saturated heterocycles. The molecule has 2 aromatic carbocycles. The first-order chi connectivity index (χ1) is 10.4. The van der Waals surface area contributed by atoms with Gasteiger partial charge >= 0.3 is 0 Å². The normalized spacial score (nSPS) is 11.7. The molecule has 0 fully saturated rings. The first-order valence-corrected chi connectivity index (χ1v) is 8.01. The zero-order valence-electron chi connectivity index (χ0n) is 12.1. The van der Waals surface area contributed by atoms with Gasteiger partial charge in [-0.2, -0.15) is 5.21 Å². The number of rotatable bonds is 3. The van der Waals surface area contributed by atoms with Gasteiger partial charge in [-0.05, 0) is 12.1 Å². The van der Waals surface area contributed by atoms with E-state index in [9.17, 15) is 8.42 Å². The van der Waals surface area contributed by atoms with Crippen molar-refractivity contribution in [3.8, 4) is 0 Å². The smallest absolute Gasteiger partial charge is 0.230 e. The summed E-state index contributed by atoms with van der Waals surface area (Å²) >= 11 is 0. The molecule has 8 heteroatoms. The van der Waals surface area contributed by atoms with Crippen LogP contribution in [-0.4, -0.2) is 37.9 Å². The lowest BCUT2D eigenvalue weighted by atomic mass is 10.1. The van der Waals surface area contributed by atoms with Gasteiger partial charge in [-0.3, -0.25) is 0 Å². The lowest BCUT2D eigenvalue weighted by Gasteiger charge is -2.16. The first kappa shape index (κ1) is 14.3. The molecule has 0 radical (unpaired) electrons. The van der Waals surface area contributed by atoms with Crippen LogP contribution in [0, 0.1) is 0 Å². The van der Waals surface area contributed by atoms with Crippen LogP contribution in [0.4, 0.5) is 11.5 Å². The predicted molar refractivity (Wildman–Crippen MR) is 84.5 cm³/mol. The molecule has 0 aliphatic heterocycles. The first-order valence-electron chi connectivity index (χ1n) is 6.53. The zero-order chi connectivity index (χ0) is 15.9. The number of H-pyrrole nitrogens is 1. The molecule has 0 aliphatic carbocycles. The maximum atomic E-state index is 12.8. The second-order valence-corrected chi connectivity index (χ2v) is 6.87. The molecule has 0 atom stereocenters. The van der Waals surface area contributed by atoms with Crippen molar-refractivity contribution in [1.29, 1.82) is 0 Å².